The van der Waals surface area contributed by atoms with E-state index in [-0.39, 0.29) is 11.9 Å². The van der Waals surface area contributed by atoms with E-state index in [0.29, 0.717) is 44.0 Å². The molecule has 1 saturated heterocycles. The smallest absolute Gasteiger partial charge is 0.196 e. The third-order valence-corrected chi connectivity index (χ3v) is 6.89. The van der Waals surface area contributed by atoms with Crippen LogP contribution in [0.15, 0.2) is 22.2 Å². The number of halogens is 2. The van der Waals surface area contributed by atoms with Crippen molar-refractivity contribution in [1.29, 1.82) is 0 Å². The van der Waals surface area contributed by atoms with Gasteiger partial charge in [-0.2, -0.15) is 0 Å². The van der Waals surface area contributed by atoms with Gasteiger partial charge in [-0.3, -0.25) is 0 Å². The molecule has 0 radical (unpaired) electrons. The SMILES string of the molecule is CCc1[nH]c2nc(Sc3cc(F)cc4nc(C)nc(N)c34)nc(N3CC[C@H](N)C3)c2c1Cl. The van der Waals surface area contributed by atoms with Crippen molar-refractivity contribution in [2.24, 2.45) is 5.73 Å². The third-order valence-electron chi connectivity index (χ3n) is 5.57. The zero-order valence-corrected chi connectivity index (χ0v) is 19.2. The topological polar surface area (TPSA) is 123 Å². The summed E-state index contributed by atoms with van der Waals surface area (Å²) in [5.74, 6) is 1.08. The lowest BCUT2D eigenvalue weighted by Gasteiger charge is -2.19. The van der Waals surface area contributed by atoms with Crippen LogP contribution >= 0.6 is 23.4 Å². The van der Waals surface area contributed by atoms with Gasteiger partial charge in [0.2, 0.25) is 0 Å². The van der Waals surface area contributed by atoms with E-state index in [1.165, 1.54) is 23.9 Å². The van der Waals surface area contributed by atoms with E-state index < -0.39 is 5.82 Å². The number of hydrogen-bond donors (Lipinski definition) is 3. The lowest BCUT2D eigenvalue weighted by molar-refractivity contribution is 0.626. The van der Waals surface area contributed by atoms with Gasteiger partial charge in [0, 0.05) is 35.8 Å². The van der Waals surface area contributed by atoms with Crippen LogP contribution in [0.2, 0.25) is 5.02 Å². The van der Waals surface area contributed by atoms with Crippen LogP contribution < -0.4 is 16.4 Å². The summed E-state index contributed by atoms with van der Waals surface area (Å²) in [6, 6.07) is 2.83. The van der Waals surface area contributed by atoms with Crippen LogP contribution in [0.3, 0.4) is 0 Å². The highest BCUT2D eigenvalue weighted by Crippen LogP contribution is 2.39. The van der Waals surface area contributed by atoms with Gasteiger partial charge in [-0.1, -0.05) is 18.5 Å². The molecular formula is C21H22ClFN8S. The molecule has 4 aromatic rings. The van der Waals surface area contributed by atoms with Gasteiger partial charge in [0.15, 0.2) is 5.16 Å². The molecule has 0 aliphatic carbocycles. The minimum absolute atomic E-state index is 0.0758. The molecular weight excluding hydrogens is 451 g/mol. The fourth-order valence-electron chi connectivity index (χ4n) is 4.09. The van der Waals surface area contributed by atoms with Gasteiger partial charge >= 0.3 is 0 Å². The lowest BCUT2D eigenvalue weighted by atomic mass is 10.2. The Kier molecular flexibility index (Phi) is 5.31. The van der Waals surface area contributed by atoms with E-state index in [0.717, 1.165) is 36.3 Å². The van der Waals surface area contributed by atoms with Crippen LogP contribution in [0.25, 0.3) is 21.9 Å². The maximum Gasteiger partial charge on any atom is 0.196 e. The van der Waals surface area contributed by atoms with Crippen LogP contribution in [-0.4, -0.2) is 44.1 Å². The molecule has 4 heterocycles. The minimum Gasteiger partial charge on any atom is -0.383 e. The van der Waals surface area contributed by atoms with Crippen LogP contribution in [-0.2, 0) is 6.42 Å². The van der Waals surface area contributed by atoms with Crippen LogP contribution in [0.5, 0.6) is 0 Å². The monoisotopic (exact) mass is 472 g/mol. The Hall–Kier alpha value is -2.69. The van der Waals surface area contributed by atoms with Crippen molar-refractivity contribution in [2.45, 2.75) is 42.8 Å². The number of benzene rings is 1. The Bertz CT molecular complexity index is 1350. The maximum absolute atomic E-state index is 14.4. The van der Waals surface area contributed by atoms with Gasteiger partial charge in [0.05, 0.1) is 21.3 Å². The van der Waals surface area contributed by atoms with Gasteiger partial charge in [-0.05, 0) is 37.6 Å². The summed E-state index contributed by atoms with van der Waals surface area (Å²) in [4.78, 5) is 24.1. The zero-order chi connectivity index (χ0) is 22.6. The molecule has 0 spiro atoms. The molecule has 1 aromatic carbocycles. The second-order valence-electron chi connectivity index (χ2n) is 7.88. The lowest BCUT2D eigenvalue weighted by Crippen LogP contribution is -2.27. The zero-order valence-electron chi connectivity index (χ0n) is 17.6. The van der Waals surface area contributed by atoms with Crippen molar-refractivity contribution in [3.63, 3.8) is 0 Å². The molecule has 1 atom stereocenters. The first-order valence-electron chi connectivity index (χ1n) is 10.3. The highest BCUT2D eigenvalue weighted by Gasteiger charge is 2.26. The Balaban J connectivity index is 1.67. The second kappa shape index (κ2) is 8.02. The van der Waals surface area contributed by atoms with Gasteiger partial charge in [0.25, 0.3) is 0 Å². The van der Waals surface area contributed by atoms with Crippen molar-refractivity contribution in [3.05, 3.63) is 34.5 Å². The first-order valence-corrected chi connectivity index (χ1v) is 11.5. The summed E-state index contributed by atoms with van der Waals surface area (Å²) in [5, 5.41) is 2.43. The predicted molar refractivity (Wildman–Crippen MR) is 126 cm³/mol. The van der Waals surface area contributed by atoms with E-state index in [9.17, 15) is 4.39 Å². The second-order valence-corrected chi connectivity index (χ2v) is 9.26. The molecule has 0 unspecified atom stereocenters. The molecule has 1 aliphatic heterocycles. The largest absolute Gasteiger partial charge is 0.383 e. The molecule has 11 heteroatoms. The molecule has 3 aromatic heterocycles. The summed E-state index contributed by atoms with van der Waals surface area (Å²) in [6.45, 7) is 5.21. The molecule has 5 N–H and O–H groups in total. The van der Waals surface area contributed by atoms with E-state index in [1.54, 1.807) is 6.92 Å². The Labute approximate surface area is 193 Å². The van der Waals surface area contributed by atoms with Crippen molar-refractivity contribution in [1.82, 2.24) is 24.9 Å². The number of nitrogens with two attached hydrogens (primary N) is 2. The number of aromatic nitrogens is 5. The molecule has 166 valence electrons. The summed E-state index contributed by atoms with van der Waals surface area (Å²) < 4.78 is 14.4. The number of aromatic amines is 1. The van der Waals surface area contributed by atoms with Gasteiger partial charge in [0.1, 0.15) is 28.9 Å². The van der Waals surface area contributed by atoms with E-state index in [1.807, 2.05) is 6.92 Å². The highest BCUT2D eigenvalue weighted by atomic mass is 35.5. The summed E-state index contributed by atoms with van der Waals surface area (Å²) in [7, 11) is 0. The number of nitrogen functional groups attached to an aromatic ring is 1. The number of anilines is 2. The van der Waals surface area contributed by atoms with Crippen LogP contribution in [0, 0.1) is 12.7 Å². The Morgan fingerprint density at radius 3 is 2.78 bits per heavy atom. The standard InChI is InChI=1S/C21H22ClFN8S/c1-3-12-17(22)16-19(28-12)29-21(30-20(16)31-5-4-11(24)8-31)32-14-7-10(23)6-13-15(14)18(25)27-9(2)26-13/h6-7,11H,3-5,8,24H2,1-2H3,(H2,25,26,27)(H,28,29,30)/t11-/m0/s1. The molecule has 32 heavy (non-hydrogen) atoms. The van der Waals surface area contributed by atoms with Crippen LogP contribution in [0.4, 0.5) is 16.0 Å². The quantitative estimate of drug-likeness (QED) is 0.383. The molecule has 1 aliphatic rings. The first kappa shape index (κ1) is 21.2. The van der Waals surface area contributed by atoms with Gasteiger partial charge in [-0.25, -0.2) is 24.3 Å². The number of nitrogens with one attached hydrogen (secondary N) is 1. The summed E-state index contributed by atoms with van der Waals surface area (Å²) in [5.41, 5.74) is 14.3. The van der Waals surface area contributed by atoms with Crippen molar-refractivity contribution in [2.75, 3.05) is 23.7 Å². The number of rotatable bonds is 4. The number of fused-ring (bicyclic) bond motifs is 2. The molecule has 5 rings (SSSR count). The minimum atomic E-state index is -0.416. The fourth-order valence-corrected chi connectivity index (χ4v) is 5.39. The normalized spacial score (nSPS) is 16.5. The highest BCUT2D eigenvalue weighted by molar-refractivity contribution is 7.99. The van der Waals surface area contributed by atoms with Crippen molar-refractivity contribution >= 4 is 56.9 Å². The first-order chi connectivity index (χ1) is 15.3. The average molecular weight is 473 g/mol. The van der Waals surface area contributed by atoms with Gasteiger partial charge in [-0.15, -0.1) is 0 Å². The van der Waals surface area contributed by atoms with Gasteiger partial charge < -0.3 is 21.4 Å². The number of nitrogens with zero attached hydrogens (tertiary/aromatic N) is 5. The molecule has 0 bridgehead atoms. The molecule has 1 fully saturated rings. The summed E-state index contributed by atoms with van der Waals surface area (Å²) in [6.07, 6.45) is 1.61. The summed E-state index contributed by atoms with van der Waals surface area (Å²) >= 11 is 7.89. The number of aryl methyl sites for hydroxylation is 2. The average Bonchev–Trinajstić information content (AvgIpc) is 3.29. The van der Waals surface area contributed by atoms with Crippen molar-refractivity contribution < 1.29 is 4.39 Å². The molecule has 0 amide bonds. The molecule has 0 saturated carbocycles. The Morgan fingerprint density at radius 2 is 2.06 bits per heavy atom. The number of hydrogen-bond acceptors (Lipinski definition) is 8. The van der Waals surface area contributed by atoms with Crippen LogP contribution in [0.1, 0.15) is 24.9 Å². The fraction of sp³-hybridized carbons (Fsp3) is 0.333. The van der Waals surface area contributed by atoms with Crippen molar-refractivity contribution in [3.8, 4) is 0 Å². The number of H-pyrrole nitrogens is 1. The van der Waals surface area contributed by atoms with E-state index in [4.69, 9.17) is 28.1 Å². The maximum atomic E-state index is 14.4. The Morgan fingerprint density at radius 1 is 1.25 bits per heavy atom. The third kappa shape index (κ3) is 3.62. The van der Waals surface area contributed by atoms with E-state index in [2.05, 4.69) is 24.8 Å². The van der Waals surface area contributed by atoms with E-state index >= 15 is 0 Å². The predicted octanol–water partition coefficient (Wildman–Crippen LogP) is 3.84. The molecule has 8 nitrogen and oxygen atoms in total.